The van der Waals surface area contributed by atoms with Crippen LogP contribution in [0.4, 0.5) is 0 Å². The molecular weight excluding hydrogens is 290 g/mol. The van der Waals surface area contributed by atoms with Gasteiger partial charge in [-0.2, -0.15) is 5.10 Å². The molecule has 23 heavy (non-hydrogen) atoms. The molecule has 0 spiro atoms. The van der Waals surface area contributed by atoms with Gasteiger partial charge in [-0.3, -0.25) is 9.59 Å². The number of nitrogens with zero attached hydrogens (tertiary/aromatic N) is 2. The lowest BCUT2D eigenvalue weighted by atomic mass is 9.98. The summed E-state index contributed by atoms with van der Waals surface area (Å²) in [5.41, 5.74) is -0.175. The molecule has 0 saturated carbocycles. The molecule has 0 saturated heterocycles. The molecule has 0 atom stereocenters. The molecule has 0 aliphatic rings. The van der Waals surface area contributed by atoms with Gasteiger partial charge >= 0.3 is 0 Å². The van der Waals surface area contributed by atoms with Gasteiger partial charge in [0, 0.05) is 10.9 Å². The van der Waals surface area contributed by atoms with E-state index in [4.69, 9.17) is 0 Å². The Bertz CT molecular complexity index is 775. The number of carbonyl (C=O) groups excluding carboxylic acids is 1. The van der Waals surface area contributed by atoms with E-state index < -0.39 is 0 Å². The van der Waals surface area contributed by atoms with Crippen LogP contribution in [0.3, 0.4) is 0 Å². The third kappa shape index (κ3) is 3.60. The molecule has 5 nitrogen and oxygen atoms in total. The summed E-state index contributed by atoms with van der Waals surface area (Å²) in [6.45, 7) is 9.84. The molecule has 0 radical (unpaired) electrons. The van der Waals surface area contributed by atoms with E-state index in [9.17, 15) is 9.59 Å². The first-order valence-electron chi connectivity index (χ1n) is 8.11. The van der Waals surface area contributed by atoms with Gasteiger partial charge in [-0.25, -0.2) is 4.68 Å². The second-order valence-electron chi connectivity index (χ2n) is 6.83. The fraction of sp³-hybridized carbons (Fsp3) is 0.500. The van der Waals surface area contributed by atoms with Crippen LogP contribution in [0, 0.1) is 0 Å². The van der Waals surface area contributed by atoms with Crippen LogP contribution in [0.15, 0.2) is 29.1 Å². The van der Waals surface area contributed by atoms with Crippen LogP contribution in [-0.4, -0.2) is 21.2 Å². The molecule has 1 amide bonds. The van der Waals surface area contributed by atoms with Crippen LogP contribution < -0.4 is 10.9 Å². The second kappa shape index (κ2) is 6.52. The van der Waals surface area contributed by atoms with Crippen molar-refractivity contribution in [3.8, 4) is 0 Å². The average Bonchev–Trinajstić information content (AvgIpc) is 2.46. The topological polar surface area (TPSA) is 64.0 Å². The molecule has 1 aromatic heterocycles. The number of fused-ring (bicyclic) bond motifs is 1. The number of aromatic nitrogens is 2. The fourth-order valence-corrected chi connectivity index (χ4v) is 2.78. The standard InChI is InChI=1S/C18H25N3O2/c1-6-11-18(4,5)19-16(22)15-13-9-7-8-10-14(13)17(23)21(20-15)12(2)3/h7-10,12H,6,11H2,1-5H3,(H,19,22). The van der Waals surface area contributed by atoms with Crippen molar-refractivity contribution in [2.24, 2.45) is 0 Å². The third-order valence-corrected chi connectivity index (χ3v) is 3.86. The smallest absolute Gasteiger partial charge is 0.274 e. The highest BCUT2D eigenvalue weighted by molar-refractivity contribution is 6.05. The van der Waals surface area contributed by atoms with E-state index in [0.29, 0.717) is 16.5 Å². The minimum atomic E-state index is -0.312. The summed E-state index contributed by atoms with van der Waals surface area (Å²) >= 11 is 0. The summed E-state index contributed by atoms with van der Waals surface area (Å²) in [5.74, 6) is -0.242. The zero-order valence-corrected chi connectivity index (χ0v) is 14.5. The minimum absolute atomic E-state index is 0.109. The normalized spacial score (nSPS) is 11.9. The predicted octanol–water partition coefficient (Wildman–Crippen LogP) is 3.29. The average molecular weight is 315 g/mol. The van der Waals surface area contributed by atoms with Crippen molar-refractivity contribution in [1.29, 1.82) is 0 Å². The molecule has 1 heterocycles. The summed E-state index contributed by atoms with van der Waals surface area (Å²) < 4.78 is 1.38. The molecule has 0 aliphatic carbocycles. The number of nitrogens with one attached hydrogen (secondary N) is 1. The van der Waals surface area contributed by atoms with Gasteiger partial charge in [0.2, 0.25) is 0 Å². The van der Waals surface area contributed by atoms with Crippen molar-refractivity contribution < 1.29 is 4.79 Å². The number of hydrogen-bond donors (Lipinski definition) is 1. The largest absolute Gasteiger partial charge is 0.346 e. The Hall–Kier alpha value is -2.17. The minimum Gasteiger partial charge on any atom is -0.346 e. The maximum absolute atomic E-state index is 12.7. The van der Waals surface area contributed by atoms with Crippen LogP contribution in [0.25, 0.3) is 10.8 Å². The van der Waals surface area contributed by atoms with Crippen molar-refractivity contribution in [1.82, 2.24) is 15.1 Å². The highest BCUT2D eigenvalue weighted by Crippen LogP contribution is 2.17. The van der Waals surface area contributed by atoms with E-state index in [1.807, 2.05) is 33.8 Å². The van der Waals surface area contributed by atoms with E-state index in [2.05, 4.69) is 17.3 Å². The molecule has 2 aromatic rings. The molecule has 0 aliphatic heterocycles. The highest BCUT2D eigenvalue weighted by Gasteiger charge is 2.24. The van der Waals surface area contributed by atoms with Gasteiger partial charge < -0.3 is 5.32 Å². The van der Waals surface area contributed by atoms with E-state index in [0.717, 1.165) is 12.8 Å². The number of hydrogen-bond acceptors (Lipinski definition) is 3. The van der Waals surface area contributed by atoms with E-state index >= 15 is 0 Å². The van der Waals surface area contributed by atoms with Gasteiger partial charge in [-0.15, -0.1) is 0 Å². The Morgan fingerprint density at radius 2 is 1.87 bits per heavy atom. The zero-order chi connectivity index (χ0) is 17.2. The van der Waals surface area contributed by atoms with Gasteiger partial charge in [0.1, 0.15) is 0 Å². The summed E-state index contributed by atoms with van der Waals surface area (Å²) in [6, 6.07) is 7.03. The maximum Gasteiger partial charge on any atom is 0.274 e. The van der Waals surface area contributed by atoms with Crippen LogP contribution in [-0.2, 0) is 0 Å². The van der Waals surface area contributed by atoms with Crippen molar-refractivity contribution >= 4 is 16.7 Å². The zero-order valence-electron chi connectivity index (χ0n) is 14.5. The van der Waals surface area contributed by atoms with Crippen LogP contribution in [0.2, 0.25) is 0 Å². The third-order valence-electron chi connectivity index (χ3n) is 3.86. The maximum atomic E-state index is 12.7. The van der Waals surface area contributed by atoms with Crippen LogP contribution >= 0.6 is 0 Å². The van der Waals surface area contributed by atoms with Gasteiger partial charge in [-0.05, 0) is 40.2 Å². The van der Waals surface area contributed by atoms with E-state index in [1.165, 1.54) is 4.68 Å². The van der Waals surface area contributed by atoms with Crippen molar-refractivity contribution in [3.05, 3.63) is 40.3 Å². The first-order chi connectivity index (χ1) is 10.8. The number of rotatable bonds is 5. The second-order valence-corrected chi connectivity index (χ2v) is 6.83. The molecule has 0 unspecified atom stereocenters. The number of benzene rings is 1. The number of amides is 1. The van der Waals surface area contributed by atoms with Gasteiger partial charge in [0.15, 0.2) is 5.69 Å². The Morgan fingerprint density at radius 3 is 2.43 bits per heavy atom. The number of carbonyl (C=O) groups is 1. The molecule has 1 N–H and O–H groups in total. The molecule has 124 valence electrons. The molecular formula is C18H25N3O2. The Labute approximate surface area is 136 Å². The van der Waals surface area contributed by atoms with E-state index in [1.54, 1.807) is 18.2 Å². The quantitative estimate of drug-likeness (QED) is 0.921. The van der Waals surface area contributed by atoms with E-state index in [-0.39, 0.29) is 23.0 Å². The summed E-state index contributed by atoms with van der Waals surface area (Å²) in [4.78, 5) is 25.2. The SMILES string of the molecule is CCCC(C)(C)NC(=O)c1nn(C(C)C)c(=O)c2ccccc12. The predicted molar refractivity (Wildman–Crippen MR) is 92.8 cm³/mol. The van der Waals surface area contributed by atoms with Gasteiger partial charge in [0.25, 0.3) is 11.5 Å². The Kier molecular flexibility index (Phi) is 4.88. The lowest BCUT2D eigenvalue weighted by Gasteiger charge is -2.26. The Balaban J connectivity index is 2.58. The van der Waals surface area contributed by atoms with Gasteiger partial charge in [-0.1, -0.05) is 31.5 Å². The fourth-order valence-electron chi connectivity index (χ4n) is 2.78. The Morgan fingerprint density at radius 1 is 1.26 bits per heavy atom. The molecule has 0 fully saturated rings. The summed E-state index contributed by atoms with van der Waals surface area (Å²) in [5, 5.41) is 8.49. The lowest BCUT2D eigenvalue weighted by Crippen LogP contribution is -2.44. The van der Waals surface area contributed by atoms with Crippen molar-refractivity contribution in [2.45, 2.75) is 59.0 Å². The molecule has 2 rings (SSSR count). The first-order valence-corrected chi connectivity index (χ1v) is 8.11. The molecule has 0 bridgehead atoms. The summed E-state index contributed by atoms with van der Waals surface area (Å²) in [6.07, 6.45) is 1.85. The van der Waals surface area contributed by atoms with Crippen LogP contribution in [0.5, 0.6) is 0 Å². The van der Waals surface area contributed by atoms with Crippen molar-refractivity contribution in [3.63, 3.8) is 0 Å². The van der Waals surface area contributed by atoms with Crippen molar-refractivity contribution in [2.75, 3.05) is 0 Å². The molecule has 1 aromatic carbocycles. The lowest BCUT2D eigenvalue weighted by molar-refractivity contribution is 0.0903. The first kappa shape index (κ1) is 17.2. The van der Waals surface area contributed by atoms with Crippen LogP contribution in [0.1, 0.15) is 64.0 Å². The van der Waals surface area contributed by atoms with Gasteiger partial charge in [0.05, 0.1) is 11.4 Å². The molecule has 5 heteroatoms. The summed E-state index contributed by atoms with van der Waals surface area (Å²) in [7, 11) is 0. The highest BCUT2D eigenvalue weighted by atomic mass is 16.2. The monoisotopic (exact) mass is 315 g/mol.